The monoisotopic (exact) mass is 566 g/mol. The molecule has 42 heavy (non-hydrogen) atoms. The molecule has 2 aromatic heterocycles. The SMILES string of the molecule is CC[C@@]1(C(=O)CCN2CCN(c3cccc(F)c3)CC2)C(=O)OCc2c1cc1n(c2=O)Cc2cc3ccccc3nc2-1. The van der Waals surface area contributed by atoms with Crippen molar-refractivity contribution in [1.29, 1.82) is 0 Å². The lowest BCUT2D eigenvalue weighted by Gasteiger charge is -2.38. The van der Waals surface area contributed by atoms with E-state index >= 15 is 0 Å². The van der Waals surface area contributed by atoms with Crippen LogP contribution in [0.3, 0.4) is 0 Å². The summed E-state index contributed by atoms with van der Waals surface area (Å²) in [6.45, 7) is 5.39. The first-order valence-corrected chi connectivity index (χ1v) is 14.5. The van der Waals surface area contributed by atoms with Crippen LogP contribution in [0.15, 0.2) is 65.5 Å². The first-order chi connectivity index (χ1) is 20.4. The van der Waals surface area contributed by atoms with E-state index < -0.39 is 11.4 Å². The van der Waals surface area contributed by atoms with Crippen LogP contribution in [-0.2, 0) is 32.9 Å². The van der Waals surface area contributed by atoms with Gasteiger partial charge < -0.3 is 14.2 Å². The summed E-state index contributed by atoms with van der Waals surface area (Å²) in [5.74, 6) is -1.09. The molecule has 1 fully saturated rings. The topological polar surface area (TPSA) is 84.7 Å². The molecule has 1 atom stereocenters. The molecule has 4 aromatic rings. The van der Waals surface area contributed by atoms with Gasteiger partial charge in [0.05, 0.1) is 29.0 Å². The standard InChI is InChI=1S/C33H31FN4O4/c1-2-33(29(39)10-11-36-12-14-37(15-13-36)24-8-5-7-23(34)17-24)26-18-28-30-22(16-21-6-3-4-9-27(21)35-30)19-38(28)31(40)25(26)20-42-32(33)41/h3-9,16-18H,2,10-15,19-20H2,1H3/t33-/m1/s1. The van der Waals surface area contributed by atoms with Crippen LogP contribution in [0.2, 0.25) is 0 Å². The Morgan fingerprint density at radius 1 is 1.02 bits per heavy atom. The summed E-state index contributed by atoms with van der Waals surface area (Å²) >= 11 is 0. The smallest absolute Gasteiger partial charge is 0.324 e. The average Bonchev–Trinajstić information content (AvgIpc) is 3.37. The predicted octanol–water partition coefficient (Wildman–Crippen LogP) is 4.05. The quantitative estimate of drug-likeness (QED) is 0.227. The molecule has 0 radical (unpaired) electrons. The molecule has 0 bridgehead atoms. The second kappa shape index (κ2) is 10.2. The molecule has 7 rings (SSSR count). The van der Waals surface area contributed by atoms with Gasteiger partial charge in [-0.15, -0.1) is 0 Å². The molecule has 0 amide bonds. The number of nitrogens with zero attached hydrogens (tertiary/aromatic N) is 4. The molecule has 2 aromatic carbocycles. The van der Waals surface area contributed by atoms with E-state index in [1.165, 1.54) is 12.1 Å². The van der Waals surface area contributed by atoms with Crippen LogP contribution in [0.4, 0.5) is 10.1 Å². The van der Waals surface area contributed by atoms with Gasteiger partial charge in [0.15, 0.2) is 11.2 Å². The highest BCUT2D eigenvalue weighted by Gasteiger charge is 2.52. The van der Waals surface area contributed by atoms with Gasteiger partial charge in [0, 0.05) is 55.8 Å². The summed E-state index contributed by atoms with van der Waals surface area (Å²) in [5.41, 5.74) is 3.00. The summed E-state index contributed by atoms with van der Waals surface area (Å²) in [5, 5.41) is 0.996. The Hall–Kier alpha value is -4.37. The highest BCUT2D eigenvalue weighted by Crippen LogP contribution is 2.41. The number of hydrogen-bond donors (Lipinski definition) is 0. The van der Waals surface area contributed by atoms with Crippen LogP contribution in [0, 0.1) is 5.82 Å². The number of pyridine rings is 2. The van der Waals surface area contributed by atoms with E-state index in [9.17, 15) is 18.8 Å². The van der Waals surface area contributed by atoms with E-state index in [-0.39, 0.29) is 36.6 Å². The Morgan fingerprint density at radius 2 is 1.83 bits per heavy atom. The van der Waals surface area contributed by atoms with Gasteiger partial charge in [0.25, 0.3) is 5.56 Å². The molecule has 3 aliphatic heterocycles. The van der Waals surface area contributed by atoms with Gasteiger partial charge in [-0.3, -0.25) is 19.3 Å². The summed E-state index contributed by atoms with van der Waals surface area (Å²) < 4.78 is 20.9. The Kier molecular flexibility index (Phi) is 6.42. The van der Waals surface area contributed by atoms with Crippen molar-refractivity contribution in [2.75, 3.05) is 37.6 Å². The molecule has 5 heterocycles. The van der Waals surface area contributed by atoms with E-state index in [1.807, 2.05) is 36.4 Å². The van der Waals surface area contributed by atoms with Crippen LogP contribution in [-0.4, -0.2) is 58.9 Å². The van der Waals surface area contributed by atoms with Crippen LogP contribution in [0.5, 0.6) is 0 Å². The van der Waals surface area contributed by atoms with Gasteiger partial charge in [-0.1, -0.05) is 31.2 Å². The Morgan fingerprint density at radius 3 is 2.62 bits per heavy atom. The van der Waals surface area contributed by atoms with E-state index in [0.717, 1.165) is 35.2 Å². The molecule has 8 nitrogen and oxygen atoms in total. The number of hydrogen-bond acceptors (Lipinski definition) is 7. The summed E-state index contributed by atoms with van der Waals surface area (Å²) in [4.78, 5) is 50.4. The number of esters is 1. The first kappa shape index (κ1) is 26.5. The van der Waals surface area contributed by atoms with Crippen LogP contribution < -0.4 is 10.5 Å². The summed E-state index contributed by atoms with van der Waals surface area (Å²) in [6.07, 6.45) is 0.353. The number of carbonyl (C=O) groups is 2. The number of fused-ring (bicyclic) bond motifs is 5. The maximum absolute atomic E-state index is 14.0. The largest absolute Gasteiger partial charge is 0.460 e. The molecular weight excluding hydrogens is 535 g/mol. The number of para-hydroxylation sites is 1. The minimum absolute atomic E-state index is 0.143. The third kappa shape index (κ3) is 4.14. The third-order valence-electron chi connectivity index (χ3n) is 9.14. The van der Waals surface area contributed by atoms with Crippen molar-refractivity contribution in [2.45, 2.75) is 38.3 Å². The van der Waals surface area contributed by atoms with Gasteiger partial charge in [0.2, 0.25) is 0 Å². The van der Waals surface area contributed by atoms with Crippen molar-refractivity contribution in [3.8, 4) is 11.4 Å². The molecule has 0 saturated carbocycles. The zero-order valence-electron chi connectivity index (χ0n) is 23.4. The van der Waals surface area contributed by atoms with Gasteiger partial charge in [-0.05, 0) is 48.4 Å². The zero-order valence-corrected chi connectivity index (χ0v) is 23.4. The fourth-order valence-electron chi connectivity index (χ4n) is 6.78. The van der Waals surface area contributed by atoms with E-state index in [4.69, 9.17) is 9.72 Å². The molecule has 0 unspecified atom stereocenters. The number of benzene rings is 2. The lowest BCUT2D eigenvalue weighted by atomic mass is 9.70. The van der Waals surface area contributed by atoms with Crippen molar-refractivity contribution >= 4 is 28.3 Å². The normalized spacial score (nSPS) is 19.8. The van der Waals surface area contributed by atoms with Crippen LogP contribution in [0.1, 0.15) is 36.5 Å². The van der Waals surface area contributed by atoms with Gasteiger partial charge in [-0.2, -0.15) is 0 Å². The zero-order chi connectivity index (χ0) is 29.0. The van der Waals surface area contributed by atoms with E-state index in [0.29, 0.717) is 48.7 Å². The Labute approximate surface area is 242 Å². The van der Waals surface area contributed by atoms with Crippen molar-refractivity contribution in [3.05, 3.63) is 93.5 Å². The number of cyclic esters (lactones) is 1. The number of carbonyl (C=O) groups excluding carboxylic acids is 2. The number of aromatic nitrogens is 2. The van der Waals surface area contributed by atoms with Crippen LogP contribution in [0.25, 0.3) is 22.3 Å². The number of ketones is 1. The number of rotatable bonds is 6. The lowest BCUT2D eigenvalue weighted by molar-refractivity contribution is -0.158. The molecule has 0 spiro atoms. The van der Waals surface area contributed by atoms with Crippen LogP contribution >= 0.6 is 0 Å². The number of ether oxygens (including phenoxy) is 1. The Bertz CT molecular complexity index is 1810. The number of anilines is 1. The average molecular weight is 567 g/mol. The molecule has 0 aliphatic carbocycles. The fraction of sp³-hybridized carbons (Fsp3) is 0.333. The lowest BCUT2D eigenvalue weighted by Crippen LogP contribution is -2.51. The van der Waals surface area contributed by atoms with Crippen molar-refractivity contribution in [1.82, 2.24) is 14.5 Å². The third-order valence-corrected chi connectivity index (χ3v) is 9.14. The second-order valence-corrected chi connectivity index (χ2v) is 11.3. The van der Waals surface area contributed by atoms with Gasteiger partial charge >= 0.3 is 5.97 Å². The predicted molar refractivity (Wildman–Crippen MR) is 157 cm³/mol. The molecule has 1 saturated heterocycles. The maximum Gasteiger partial charge on any atom is 0.324 e. The molecule has 9 heteroatoms. The molecule has 3 aliphatic rings. The maximum atomic E-state index is 14.0. The molecule has 214 valence electrons. The number of halogens is 1. The first-order valence-electron chi connectivity index (χ1n) is 14.5. The van der Waals surface area contributed by atoms with Crippen molar-refractivity contribution in [2.24, 2.45) is 0 Å². The molecule has 0 N–H and O–H groups in total. The fourth-order valence-corrected chi connectivity index (χ4v) is 6.78. The number of piperazine rings is 1. The Balaban J connectivity index is 1.16. The highest BCUT2D eigenvalue weighted by molar-refractivity contribution is 6.10. The minimum atomic E-state index is -1.54. The minimum Gasteiger partial charge on any atom is -0.460 e. The van der Waals surface area contributed by atoms with E-state index in [2.05, 4.69) is 15.9 Å². The van der Waals surface area contributed by atoms with Gasteiger partial charge in [0.1, 0.15) is 12.4 Å². The number of Topliss-reactive ketones (excluding diaryl/α,β-unsaturated/α-hetero) is 1. The van der Waals surface area contributed by atoms with Crippen molar-refractivity contribution in [3.63, 3.8) is 0 Å². The summed E-state index contributed by atoms with van der Waals surface area (Å²) in [7, 11) is 0. The summed E-state index contributed by atoms with van der Waals surface area (Å²) in [6, 6.07) is 18.3. The highest BCUT2D eigenvalue weighted by atomic mass is 19.1. The van der Waals surface area contributed by atoms with E-state index in [1.54, 1.807) is 17.6 Å². The van der Waals surface area contributed by atoms with Gasteiger partial charge in [-0.25, -0.2) is 9.37 Å². The molecular formula is C33H31FN4O4. The van der Waals surface area contributed by atoms with Crippen molar-refractivity contribution < 1.29 is 18.7 Å². The second-order valence-electron chi connectivity index (χ2n) is 11.3.